The van der Waals surface area contributed by atoms with Crippen LogP contribution in [0.1, 0.15) is 0 Å². The summed E-state index contributed by atoms with van der Waals surface area (Å²) in [5, 5.41) is 27.1. The number of hydrogen-bond donors (Lipinski definition) is 0. The zero-order valence-corrected chi connectivity index (χ0v) is 46.9. The predicted octanol–water partition coefficient (Wildman–Crippen LogP) is 24.3. The molecular formula is C84H47NO2. The van der Waals surface area contributed by atoms with Gasteiger partial charge in [0.2, 0.25) is 0 Å². The summed E-state index contributed by atoms with van der Waals surface area (Å²) in [7, 11) is 0. The average molecular weight is 1100 g/mol. The Balaban J connectivity index is 0.952. The Morgan fingerprint density at radius 3 is 1.08 bits per heavy atom. The first-order valence-electron chi connectivity index (χ1n) is 30.0. The zero-order chi connectivity index (χ0) is 56.6. The summed E-state index contributed by atoms with van der Waals surface area (Å²) in [5.41, 5.74) is 16.3. The Kier molecular flexibility index (Phi) is 9.45. The maximum absolute atomic E-state index is 6.61. The first-order chi connectivity index (χ1) is 43.2. The van der Waals surface area contributed by atoms with Crippen LogP contribution in [0.15, 0.2) is 294 Å². The van der Waals surface area contributed by atoms with Crippen LogP contribution in [-0.4, -0.2) is 0 Å². The van der Waals surface area contributed by atoms with Gasteiger partial charge in [-0.2, -0.15) is 0 Å². The highest BCUT2D eigenvalue weighted by atomic mass is 16.3. The lowest BCUT2D eigenvalue weighted by molar-refractivity contribution is 0.668. The predicted molar refractivity (Wildman–Crippen MR) is 369 cm³/mol. The van der Waals surface area contributed by atoms with E-state index in [1.165, 1.54) is 130 Å². The fourth-order valence-corrected chi connectivity index (χ4v) is 15.6. The Morgan fingerprint density at radius 2 is 0.552 bits per heavy atom. The molecule has 0 N–H and O–H groups in total. The van der Waals surface area contributed by atoms with Crippen LogP contribution in [0.3, 0.4) is 0 Å². The lowest BCUT2D eigenvalue weighted by Gasteiger charge is -2.27. The van der Waals surface area contributed by atoms with Crippen LogP contribution in [0.4, 0.5) is 17.1 Å². The molecule has 0 atom stereocenters. The lowest BCUT2D eigenvalue weighted by atomic mass is 9.86. The van der Waals surface area contributed by atoms with Gasteiger partial charge in [0, 0.05) is 38.3 Å². The first kappa shape index (κ1) is 46.9. The summed E-state index contributed by atoms with van der Waals surface area (Å²) in [6, 6.07) is 106. The van der Waals surface area contributed by atoms with Crippen molar-refractivity contribution in [2.75, 3.05) is 4.90 Å². The van der Waals surface area contributed by atoms with Crippen molar-refractivity contribution in [2.45, 2.75) is 0 Å². The van der Waals surface area contributed by atoms with Gasteiger partial charge in [-0.05, 0) is 203 Å². The summed E-state index contributed by atoms with van der Waals surface area (Å²) >= 11 is 0. The number of para-hydroxylation sites is 2. The van der Waals surface area contributed by atoms with Gasteiger partial charge in [-0.1, -0.05) is 218 Å². The Morgan fingerprint density at radius 1 is 0.195 bits per heavy atom. The fourth-order valence-electron chi connectivity index (χ4n) is 15.6. The normalized spacial score (nSPS) is 12.4. The van der Waals surface area contributed by atoms with Crippen molar-refractivity contribution in [3.05, 3.63) is 285 Å². The summed E-state index contributed by atoms with van der Waals surface area (Å²) in [4.78, 5) is 2.46. The number of benzene rings is 16. The van der Waals surface area contributed by atoms with E-state index in [9.17, 15) is 0 Å². The van der Waals surface area contributed by atoms with E-state index in [-0.39, 0.29) is 0 Å². The van der Waals surface area contributed by atoms with Crippen LogP contribution in [0.5, 0.6) is 0 Å². The first-order valence-corrected chi connectivity index (χ1v) is 30.0. The molecule has 0 unspecified atom stereocenters. The van der Waals surface area contributed by atoms with Gasteiger partial charge in [-0.3, -0.25) is 0 Å². The number of fused-ring (bicyclic) bond motifs is 14. The number of rotatable bonds is 7. The third kappa shape index (κ3) is 6.49. The minimum atomic E-state index is 0.879. The number of anilines is 3. The van der Waals surface area contributed by atoms with Crippen molar-refractivity contribution in [3.8, 4) is 44.5 Å². The van der Waals surface area contributed by atoms with Gasteiger partial charge in [0.1, 0.15) is 22.3 Å². The second kappa shape index (κ2) is 17.5. The van der Waals surface area contributed by atoms with E-state index in [0.29, 0.717) is 0 Å². The van der Waals surface area contributed by atoms with Gasteiger partial charge in [0.05, 0.1) is 5.69 Å². The number of nitrogens with zero attached hydrogens (tertiary/aromatic N) is 1. The van der Waals surface area contributed by atoms with Crippen LogP contribution in [0.25, 0.3) is 185 Å². The fraction of sp³-hybridized carbons (Fsp3) is 0. The van der Waals surface area contributed by atoms with Crippen LogP contribution >= 0.6 is 0 Å². The smallest absolute Gasteiger partial charge is 0.135 e. The largest absolute Gasteiger partial charge is 0.456 e. The van der Waals surface area contributed by atoms with E-state index < -0.39 is 0 Å². The number of furan rings is 2. The van der Waals surface area contributed by atoms with Crippen molar-refractivity contribution in [3.63, 3.8) is 0 Å². The molecule has 3 nitrogen and oxygen atoms in total. The van der Waals surface area contributed by atoms with E-state index in [1.807, 2.05) is 0 Å². The average Bonchev–Trinajstić information content (AvgIpc) is 1.68. The summed E-state index contributed by atoms with van der Waals surface area (Å²) in [5.74, 6) is 0. The lowest BCUT2D eigenvalue weighted by Crippen LogP contribution is -2.10. The molecule has 0 fully saturated rings. The Labute approximate surface area is 498 Å². The Hall–Kier alpha value is -11.5. The van der Waals surface area contributed by atoms with Gasteiger partial charge in [0.25, 0.3) is 0 Å². The maximum atomic E-state index is 6.61. The van der Waals surface area contributed by atoms with Gasteiger partial charge < -0.3 is 13.7 Å². The van der Waals surface area contributed by atoms with Crippen molar-refractivity contribution in [1.29, 1.82) is 0 Å². The van der Waals surface area contributed by atoms with Crippen LogP contribution in [0, 0.1) is 0 Å². The van der Waals surface area contributed by atoms with Gasteiger partial charge in [0.15, 0.2) is 0 Å². The van der Waals surface area contributed by atoms with Crippen LogP contribution < -0.4 is 4.90 Å². The molecule has 0 bridgehead atoms. The monoisotopic (exact) mass is 1100 g/mol. The van der Waals surface area contributed by atoms with E-state index in [4.69, 9.17) is 8.83 Å². The molecule has 3 heteroatoms. The quantitative estimate of drug-likeness (QED) is 0.118. The minimum Gasteiger partial charge on any atom is -0.456 e. The summed E-state index contributed by atoms with van der Waals surface area (Å²) < 4.78 is 13.2. The standard InChI is InChI=1S/C84H47NO2/c1-3-14-48(15-4-1)50-28-34-55(35-29-50)85(56-36-30-51(31-37-56)49-16-5-2-6-17-49)70-43-42-65-78-63(70)24-13-25-64(78)81-76(53-32-44-73-68(46-53)57-20-7-9-26-71(57)86-73)83-66-40-38-61-59-22-11-18-52-19-12-23-60(75(52)59)62-39-41-67(80(66)79(61)62)84(83)77(82(65)81)54-33-45-74-69(47-54)58-21-8-10-27-72(58)87-74/h1-47H. The van der Waals surface area contributed by atoms with E-state index in [0.717, 1.165) is 72.1 Å². The highest BCUT2D eigenvalue weighted by Crippen LogP contribution is 2.59. The van der Waals surface area contributed by atoms with Crippen LogP contribution in [-0.2, 0) is 0 Å². The molecule has 2 aromatic heterocycles. The molecule has 0 aliphatic rings. The van der Waals surface area contributed by atoms with E-state index >= 15 is 0 Å². The van der Waals surface area contributed by atoms with Crippen molar-refractivity contribution in [1.82, 2.24) is 0 Å². The van der Waals surface area contributed by atoms with Crippen molar-refractivity contribution < 1.29 is 8.83 Å². The highest BCUT2D eigenvalue weighted by molar-refractivity contribution is 6.50. The Bertz CT molecular complexity index is 5880. The van der Waals surface area contributed by atoms with Gasteiger partial charge in [-0.25, -0.2) is 0 Å². The molecule has 0 spiro atoms. The molecule has 400 valence electrons. The molecule has 0 aliphatic carbocycles. The van der Waals surface area contributed by atoms with Gasteiger partial charge >= 0.3 is 0 Å². The zero-order valence-electron chi connectivity index (χ0n) is 46.9. The third-order valence-electron chi connectivity index (χ3n) is 19.3. The molecule has 2 heterocycles. The van der Waals surface area contributed by atoms with E-state index in [1.54, 1.807) is 0 Å². The van der Waals surface area contributed by atoms with E-state index in [2.05, 4.69) is 290 Å². The SMILES string of the molecule is c1ccc(-c2ccc(N(c3ccc(-c4ccccc4)cc3)c3ccc4c5c(-c6ccc7oc8ccccc8c7c6)c6c7ccc8c9cccc%10cccc(c%11ccc(c6c(-c6ccc%12oc%13ccccc%13c%12c6)c5c5cccc3c54)c7c%118)c%109)cc2)cc1. The molecule has 20 aromatic rings. The molecule has 0 radical (unpaired) electrons. The summed E-state index contributed by atoms with van der Waals surface area (Å²) in [6.07, 6.45) is 0. The molecule has 0 saturated heterocycles. The molecule has 20 rings (SSSR count). The van der Waals surface area contributed by atoms with Crippen molar-refractivity contribution >= 4 is 158 Å². The molecule has 18 aromatic carbocycles. The molecule has 87 heavy (non-hydrogen) atoms. The molecular weight excluding hydrogens is 1050 g/mol. The summed E-state index contributed by atoms with van der Waals surface area (Å²) in [6.45, 7) is 0. The molecule has 0 saturated carbocycles. The molecule has 0 amide bonds. The van der Waals surface area contributed by atoms with Gasteiger partial charge in [-0.15, -0.1) is 0 Å². The maximum Gasteiger partial charge on any atom is 0.135 e. The second-order valence-corrected chi connectivity index (χ2v) is 23.7. The topological polar surface area (TPSA) is 29.5 Å². The molecule has 0 aliphatic heterocycles. The number of hydrogen-bond acceptors (Lipinski definition) is 3. The van der Waals surface area contributed by atoms with Crippen LogP contribution in [0.2, 0.25) is 0 Å². The third-order valence-corrected chi connectivity index (χ3v) is 19.3. The second-order valence-electron chi connectivity index (χ2n) is 23.7. The highest BCUT2D eigenvalue weighted by Gasteiger charge is 2.31. The minimum absolute atomic E-state index is 0.879. The van der Waals surface area contributed by atoms with Crippen molar-refractivity contribution in [2.24, 2.45) is 0 Å².